The van der Waals surface area contributed by atoms with Gasteiger partial charge in [0, 0.05) is 6.61 Å². The molecular weight excluding hydrogens is 164 g/mol. The average Bonchev–Trinajstić information content (AvgIpc) is 2.14. The predicted molar refractivity (Wildman–Crippen MR) is 55.8 cm³/mol. The van der Waals surface area contributed by atoms with E-state index in [1.165, 1.54) is 38.1 Å². The zero-order chi connectivity index (χ0) is 8.65. The lowest BCUT2D eigenvalue weighted by Crippen LogP contribution is -2.20. The van der Waals surface area contributed by atoms with Gasteiger partial charge in [0.05, 0.1) is 0 Å². The van der Waals surface area contributed by atoms with E-state index < -0.39 is 9.04 Å². The fraction of sp³-hybridized carbons (Fsp3) is 0.800. The van der Waals surface area contributed by atoms with E-state index in [1.54, 1.807) is 0 Å². The quantitative estimate of drug-likeness (QED) is 0.482. The molecule has 2 heteroatoms. The molecule has 1 unspecified atom stereocenters. The Balaban J connectivity index is 2.07. The van der Waals surface area contributed by atoms with Gasteiger partial charge in [-0.2, -0.15) is 0 Å². The predicted octanol–water partition coefficient (Wildman–Crippen LogP) is 2.81. The second-order valence-electron chi connectivity index (χ2n) is 3.48. The summed E-state index contributed by atoms with van der Waals surface area (Å²) in [6.07, 6.45) is 8.91. The van der Waals surface area contributed by atoms with Gasteiger partial charge in [-0.1, -0.05) is 38.0 Å². The van der Waals surface area contributed by atoms with Crippen molar-refractivity contribution in [2.75, 3.05) is 6.61 Å². The zero-order valence-electron chi connectivity index (χ0n) is 8.09. The summed E-state index contributed by atoms with van der Waals surface area (Å²) in [4.78, 5) is 0. The zero-order valence-corrected chi connectivity index (χ0v) is 9.24. The molecule has 1 heterocycles. The number of hydrogen-bond acceptors (Lipinski definition) is 1. The van der Waals surface area contributed by atoms with Gasteiger partial charge in [-0.05, 0) is 18.9 Å². The Labute approximate surface area is 77.5 Å². The van der Waals surface area contributed by atoms with Crippen LogP contribution in [0.15, 0.2) is 11.8 Å². The normalized spacial score (nSPS) is 24.9. The molecule has 1 saturated heterocycles. The van der Waals surface area contributed by atoms with Crippen LogP contribution in [0.1, 0.15) is 39.0 Å². The topological polar surface area (TPSA) is 9.23 Å². The van der Waals surface area contributed by atoms with Gasteiger partial charge in [-0.15, -0.1) is 0 Å². The Morgan fingerprint density at radius 2 is 2.33 bits per heavy atom. The summed E-state index contributed by atoms with van der Waals surface area (Å²) in [5.41, 5.74) is 2.38. The van der Waals surface area contributed by atoms with Gasteiger partial charge in [-0.25, -0.2) is 0 Å². The van der Waals surface area contributed by atoms with Crippen molar-refractivity contribution in [1.29, 1.82) is 0 Å². The van der Waals surface area contributed by atoms with Gasteiger partial charge in [0.1, 0.15) is 0 Å². The third kappa shape index (κ3) is 4.07. The van der Waals surface area contributed by atoms with Crippen molar-refractivity contribution in [3.63, 3.8) is 0 Å². The highest BCUT2D eigenvalue weighted by Gasteiger charge is 2.11. The summed E-state index contributed by atoms with van der Waals surface area (Å²) < 4.78 is 5.71. The number of rotatable bonds is 4. The molecule has 0 spiro atoms. The van der Waals surface area contributed by atoms with Gasteiger partial charge >= 0.3 is 0 Å². The molecule has 0 amide bonds. The van der Waals surface area contributed by atoms with Crippen LogP contribution in [0.25, 0.3) is 0 Å². The maximum atomic E-state index is 5.71. The van der Waals surface area contributed by atoms with Crippen molar-refractivity contribution >= 4 is 9.04 Å². The molecule has 0 bridgehead atoms. The van der Waals surface area contributed by atoms with Crippen molar-refractivity contribution in [2.45, 2.75) is 45.1 Å². The van der Waals surface area contributed by atoms with Gasteiger partial charge in [0.2, 0.25) is 9.04 Å². The van der Waals surface area contributed by atoms with Gasteiger partial charge in [-0.3, -0.25) is 0 Å². The summed E-state index contributed by atoms with van der Waals surface area (Å²) in [6.45, 7) is 3.26. The summed E-state index contributed by atoms with van der Waals surface area (Å²) >= 11 is 0. The van der Waals surface area contributed by atoms with Crippen LogP contribution >= 0.6 is 0 Å². The van der Waals surface area contributed by atoms with Crippen LogP contribution in [0.5, 0.6) is 0 Å². The van der Waals surface area contributed by atoms with E-state index in [0.29, 0.717) is 0 Å². The molecule has 1 aliphatic heterocycles. The minimum atomic E-state index is -0.849. The molecule has 1 fully saturated rings. The third-order valence-corrected chi connectivity index (χ3v) is 4.63. The smallest absolute Gasteiger partial charge is 0.200 e. The summed E-state index contributed by atoms with van der Waals surface area (Å²) in [5, 5.41) is 0. The van der Waals surface area contributed by atoms with E-state index in [1.807, 2.05) is 0 Å². The van der Waals surface area contributed by atoms with Crippen LogP contribution in [-0.2, 0) is 4.43 Å². The first-order valence-electron chi connectivity index (χ1n) is 5.21. The number of allylic oxidation sites excluding steroid dienone is 1. The Morgan fingerprint density at radius 1 is 1.42 bits per heavy atom. The molecule has 0 N–H and O–H groups in total. The summed E-state index contributed by atoms with van der Waals surface area (Å²) in [5.74, 6) is 0. The van der Waals surface area contributed by atoms with Gasteiger partial charge < -0.3 is 4.43 Å². The van der Waals surface area contributed by atoms with E-state index in [2.05, 4.69) is 18.7 Å². The molecule has 0 aliphatic carbocycles. The van der Waals surface area contributed by atoms with E-state index >= 15 is 0 Å². The van der Waals surface area contributed by atoms with Crippen LogP contribution in [0.3, 0.4) is 0 Å². The second-order valence-corrected chi connectivity index (χ2v) is 5.85. The Morgan fingerprint density at radius 3 is 3.00 bits per heavy atom. The SMILES string of the molecule is CCCCC=C[SiH]1CCCCO1. The summed E-state index contributed by atoms with van der Waals surface area (Å²) in [6, 6.07) is 1.36. The first kappa shape index (κ1) is 10.0. The molecular formula is C10H20OSi. The summed E-state index contributed by atoms with van der Waals surface area (Å²) in [7, 11) is -0.849. The van der Waals surface area contributed by atoms with Crippen LogP contribution in [-0.4, -0.2) is 15.6 Å². The Kier molecular flexibility index (Phi) is 5.36. The van der Waals surface area contributed by atoms with Crippen LogP contribution < -0.4 is 0 Å². The van der Waals surface area contributed by atoms with E-state index in [4.69, 9.17) is 4.43 Å². The van der Waals surface area contributed by atoms with Crippen LogP contribution in [0.4, 0.5) is 0 Å². The van der Waals surface area contributed by atoms with Gasteiger partial charge in [0.25, 0.3) is 0 Å². The van der Waals surface area contributed by atoms with Crippen molar-refractivity contribution in [3.05, 3.63) is 11.8 Å². The highest BCUT2D eigenvalue weighted by molar-refractivity contribution is 6.57. The number of unbranched alkanes of at least 4 members (excludes halogenated alkanes) is 2. The van der Waals surface area contributed by atoms with Crippen LogP contribution in [0, 0.1) is 0 Å². The molecule has 1 atom stereocenters. The molecule has 1 rings (SSSR count). The Bertz CT molecular complexity index is 128. The fourth-order valence-corrected chi connectivity index (χ4v) is 3.61. The van der Waals surface area contributed by atoms with Crippen molar-refractivity contribution in [1.82, 2.24) is 0 Å². The van der Waals surface area contributed by atoms with Crippen molar-refractivity contribution in [2.24, 2.45) is 0 Å². The lowest BCUT2D eigenvalue weighted by Gasteiger charge is -2.17. The maximum absolute atomic E-state index is 5.71. The van der Waals surface area contributed by atoms with E-state index in [-0.39, 0.29) is 0 Å². The lowest BCUT2D eigenvalue weighted by atomic mass is 10.2. The molecule has 1 aliphatic rings. The molecule has 12 heavy (non-hydrogen) atoms. The molecule has 0 radical (unpaired) electrons. The molecule has 0 aromatic rings. The van der Waals surface area contributed by atoms with E-state index in [0.717, 1.165) is 6.61 Å². The first-order chi connectivity index (χ1) is 5.93. The highest BCUT2D eigenvalue weighted by Crippen LogP contribution is 2.11. The third-order valence-electron chi connectivity index (χ3n) is 2.29. The molecule has 1 nitrogen and oxygen atoms in total. The first-order valence-corrected chi connectivity index (χ1v) is 7.17. The molecule has 0 aromatic heterocycles. The standard InChI is InChI=1S/C10H20OSi/c1-2-3-4-6-9-12-10-7-5-8-11-12/h6,9,12H,2-5,7-8,10H2,1H3. The highest BCUT2D eigenvalue weighted by atomic mass is 28.3. The largest absolute Gasteiger partial charge is 0.416 e. The van der Waals surface area contributed by atoms with Crippen molar-refractivity contribution < 1.29 is 4.43 Å². The monoisotopic (exact) mass is 184 g/mol. The molecule has 0 aromatic carbocycles. The molecule has 70 valence electrons. The van der Waals surface area contributed by atoms with Gasteiger partial charge in [0.15, 0.2) is 0 Å². The fourth-order valence-electron chi connectivity index (χ4n) is 1.49. The van der Waals surface area contributed by atoms with E-state index in [9.17, 15) is 0 Å². The molecule has 0 saturated carbocycles. The van der Waals surface area contributed by atoms with Crippen LogP contribution in [0.2, 0.25) is 6.04 Å². The average molecular weight is 184 g/mol. The lowest BCUT2D eigenvalue weighted by molar-refractivity contribution is 0.294. The minimum absolute atomic E-state index is 0.849. The number of hydrogen-bond donors (Lipinski definition) is 0. The van der Waals surface area contributed by atoms with Crippen molar-refractivity contribution in [3.8, 4) is 0 Å². The Hall–Kier alpha value is -0.0831. The maximum Gasteiger partial charge on any atom is 0.200 e. The second kappa shape index (κ2) is 6.43. The minimum Gasteiger partial charge on any atom is -0.416 e.